The molecule has 100 valence electrons. The van der Waals surface area contributed by atoms with E-state index in [1.807, 2.05) is 12.1 Å². The highest BCUT2D eigenvalue weighted by Gasteiger charge is 2.03. The molecule has 2 rings (SSSR count). The van der Waals surface area contributed by atoms with Gasteiger partial charge in [0, 0.05) is 13.1 Å². The molecule has 0 saturated heterocycles. The van der Waals surface area contributed by atoms with Crippen molar-refractivity contribution in [2.45, 2.75) is 19.8 Å². The first kappa shape index (κ1) is 13.1. The number of hydrogen-bond donors (Lipinski definition) is 2. The Hall–Kier alpha value is -2.30. The molecule has 1 aromatic heterocycles. The number of aromatic nitrogens is 2. The first-order chi connectivity index (χ1) is 9.21. The van der Waals surface area contributed by atoms with Crippen molar-refractivity contribution in [3.05, 3.63) is 35.9 Å². The largest absolute Gasteiger partial charge is 0.439 e. The topological polar surface area (TPSA) is 73.1 Å². The van der Waals surface area contributed by atoms with Crippen LogP contribution in [0.5, 0.6) is 11.6 Å². The van der Waals surface area contributed by atoms with Crippen molar-refractivity contribution in [3.8, 4) is 11.6 Å². The lowest BCUT2D eigenvalue weighted by Gasteiger charge is -2.07. The maximum Gasteiger partial charge on any atom is 0.226 e. The van der Waals surface area contributed by atoms with Gasteiger partial charge in [-0.1, -0.05) is 25.5 Å². The van der Waals surface area contributed by atoms with Gasteiger partial charge in [0.2, 0.25) is 11.8 Å². The van der Waals surface area contributed by atoms with Gasteiger partial charge in [-0.05, 0) is 24.1 Å². The molecule has 19 heavy (non-hydrogen) atoms. The quantitative estimate of drug-likeness (QED) is 0.862. The second-order valence-corrected chi connectivity index (χ2v) is 4.20. The SMILES string of the molecule is CCCc1ccc(Oc2cc(NC)nc(N)n2)cc1. The lowest BCUT2D eigenvalue weighted by atomic mass is 10.1. The molecule has 0 radical (unpaired) electrons. The second kappa shape index (κ2) is 6.04. The fourth-order valence-corrected chi connectivity index (χ4v) is 1.76. The molecule has 2 aromatic rings. The number of ether oxygens (including phenoxy) is 1. The van der Waals surface area contributed by atoms with Crippen LogP contribution in [0.3, 0.4) is 0 Å². The van der Waals surface area contributed by atoms with E-state index in [9.17, 15) is 0 Å². The number of rotatable bonds is 5. The fraction of sp³-hybridized carbons (Fsp3) is 0.286. The van der Waals surface area contributed by atoms with Gasteiger partial charge in [-0.15, -0.1) is 0 Å². The first-order valence-corrected chi connectivity index (χ1v) is 6.30. The summed E-state index contributed by atoms with van der Waals surface area (Å²) >= 11 is 0. The zero-order chi connectivity index (χ0) is 13.7. The lowest BCUT2D eigenvalue weighted by Crippen LogP contribution is -2.01. The molecule has 0 saturated carbocycles. The standard InChI is InChI=1S/C14H18N4O/c1-3-4-10-5-7-11(8-6-10)19-13-9-12(16-2)17-14(15)18-13/h5-9H,3-4H2,1-2H3,(H3,15,16,17,18). The Kier molecular flexibility index (Phi) is 4.18. The predicted molar refractivity (Wildman–Crippen MR) is 76.5 cm³/mol. The van der Waals surface area contributed by atoms with Gasteiger partial charge < -0.3 is 15.8 Å². The van der Waals surface area contributed by atoms with Crippen LogP contribution in [0.1, 0.15) is 18.9 Å². The van der Waals surface area contributed by atoms with E-state index in [2.05, 4.69) is 34.3 Å². The molecule has 0 unspecified atom stereocenters. The van der Waals surface area contributed by atoms with Gasteiger partial charge in [0.25, 0.3) is 0 Å². The summed E-state index contributed by atoms with van der Waals surface area (Å²) in [5, 5.41) is 2.91. The molecule has 1 heterocycles. The van der Waals surface area contributed by atoms with E-state index < -0.39 is 0 Å². The summed E-state index contributed by atoms with van der Waals surface area (Å²) in [6.45, 7) is 2.16. The molecule has 0 spiro atoms. The van der Waals surface area contributed by atoms with Crippen LogP contribution in [-0.4, -0.2) is 17.0 Å². The second-order valence-electron chi connectivity index (χ2n) is 4.20. The van der Waals surface area contributed by atoms with Gasteiger partial charge in [-0.3, -0.25) is 0 Å². The third kappa shape index (κ3) is 3.58. The minimum Gasteiger partial charge on any atom is -0.439 e. The number of anilines is 2. The molecule has 0 aliphatic carbocycles. The van der Waals surface area contributed by atoms with Gasteiger partial charge >= 0.3 is 0 Å². The lowest BCUT2D eigenvalue weighted by molar-refractivity contribution is 0.463. The number of nitrogens with zero attached hydrogens (tertiary/aromatic N) is 2. The highest BCUT2D eigenvalue weighted by atomic mass is 16.5. The average Bonchev–Trinajstić information content (AvgIpc) is 2.40. The molecule has 0 atom stereocenters. The highest BCUT2D eigenvalue weighted by Crippen LogP contribution is 2.22. The van der Waals surface area contributed by atoms with Crippen LogP contribution >= 0.6 is 0 Å². The minimum absolute atomic E-state index is 0.185. The van der Waals surface area contributed by atoms with E-state index in [-0.39, 0.29) is 5.95 Å². The summed E-state index contributed by atoms with van der Waals surface area (Å²) < 4.78 is 5.66. The van der Waals surface area contributed by atoms with Gasteiger partial charge in [0.1, 0.15) is 11.6 Å². The maximum absolute atomic E-state index is 5.66. The minimum atomic E-state index is 0.185. The van der Waals surface area contributed by atoms with E-state index in [1.54, 1.807) is 13.1 Å². The third-order valence-electron chi connectivity index (χ3n) is 2.66. The molecule has 0 fully saturated rings. The van der Waals surface area contributed by atoms with Gasteiger partial charge in [-0.2, -0.15) is 9.97 Å². The zero-order valence-corrected chi connectivity index (χ0v) is 11.2. The normalized spacial score (nSPS) is 10.2. The average molecular weight is 258 g/mol. The van der Waals surface area contributed by atoms with Gasteiger partial charge in [-0.25, -0.2) is 0 Å². The van der Waals surface area contributed by atoms with E-state index in [4.69, 9.17) is 10.5 Å². The summed E-state index contributed by atoms with van der Waals surface area (Å²) in [4.78, 5) is 8.05. The van der Waals surface area contributed by atoms with Crippen molar-refractivity contribution in [3.63, 3.8) is 0 Å². The van der Waals surface area contributed by atoms with Crippen molar-refractivity contribution in [1.29, 1.82) is 0 Å². The Bertz CT molecular complexity index is 540. The number of nitrogens with one attached hydrogen (secondary N) is 1. The Morgan fingerprint density at radius 3 is 2.58 bits per heavy atom. The van der Waals surface area contributed by atoms with E-state index >= 15 is 0 Å². The number of nitrogen functional groups attached to an aromatic ring is 1. The Labute approximate surface area is 112 Å². The van der Waals surface area contributed by atoms with Crippen LogP contribution in [-0.2, 0) is 6.42 Å². The number of aryl methyl sites for hydroxylation is 1. The Morgan fingerprint density at radius 1 is 1.21 bits per heavy atom. The van der Waals surface area contributed by atoms with Crippen molar-refractivity contribution in [2.24, 2.45) is 0 Å². The van der Waals surface area contributed by atoms with Crippen LogP contribution in [0.2, 0.25) is 0 Å². The van der Waals surface area contributed by atoms with E-state index in [1.165, 1.54) is 5.56 Å². The smallest absolute Gasteiger partial charge is 0.226 e. The summed E-state index contributed by atoms with van der Waals surface area (Å²) in [6.07, 6.45) is 2.21. The molecule has 3 N–H and O–H groups in total. The van der Waals surface area contributed by atoms with Crippen LogP contribution in [0, 0.1) is 0 Å². The van der Waals surface area contributed by atoms with Crippen LogP contribution in [0.4, 0.5) is 11.8 Å². The summed E-state index contributed by atoms with van der Waals surface area (Å²) in [7, 11) is 1.77. The summed E-state index contributed by atoms with van der Waals surface area (Å²) in [5.74, 6) is 1.98. The zero-order valence-electron chi connectivity index (χ0n) is 11.2. The van der Waals surface area contributed by atoms with Crippen molar-refractivity contribution in [2.75, 3.05) is 18.1 Å². The molecule has 0 amide bonds. The molecule has 5 nitrogen and oxygen atoms in total. The summed E-state index contributed by atoms with van der Waals surface area (Å²) in [6, 6.07) is 9.69. The Morgan fingerprint density at radius 2 is 1.95 bits per heavy atom. The molecule has 1 aromatic carbocycles. The third-order valence-corrected chi connectivity index (χ3v) is 2.66. The van der Waals surface area contributed by atoms with Crippen LogP contribution in [0.25, 0.3) is 0 Å². The van der Waals surface area contributed by atoms with E-state index in [0.29, 0.717) is 11.7 Å². The van der Waals surface area contributed by atoms with Gasteiger partial charge in [0.15, 0.2) is 0 Å². The fourth-order valence-electron chi connectivity index (χ4n) is 1.76. The highest BCUT2D eigenvalue weighted by molar-refractivity contribution is 5.43. The number of benzene rings is 1. The predicted octanol–water partition coefficient (Wildman–Crippen LogP) is 2.85. The van der Waals surface area contributed by atoms with Gasteiger partial charge in [0.05, 0.1) is 0 Å². The van der Waals surface area contributed by atoms with Crippen molar-refractivity contribution < 1.29 is 4.74 Å². The molecular formula is C14H18N4O. The molecule has 0 aliphatic heterocycles. The van der Waals surface area contributed by atoms with Crippen LogP contribution < -0.4 is 15.8 Å². The van der Waals surface area contributed by atoms with Crippen molar-refractivity contribution in [1.82, 2.24) is 9.97 Å². The van der Waals surface area contributed by atoms with Crippen LogP contribution in [0.15, 0.2) is 30.3 Å². The molecule has 0 bridgehead atoms. The number of hydrogen-bond acceptors (Lipinski definition) is 5. The molecular weight excluding hydrogens is 240 g/mol. The molecule has 0 aliphatic rings. The Balaban J connectivity index is 2.14. The van der Waals surface area contributed by atoms with Crippen molar-refractivity contribution >= 4 is 11.8 Å². The van der Waals surface area contributed by atoms with E-state index in [0.717, 1.165) is 18.6 Å². The number of nitrogens with two attached hydrogens (primary N) is 1. The summed E-state index contributed by atoms with van der Waals surface area (Å²) in [5.41, 5.74) is 6.91. The first-order valence-electron chi connectivity index (χ1n) is 6.30. The monoisotopic (exact) mass is 258 g/mol. The maximum atomic E-state index is 5.66. The molecule has 5 heteroatoms.